The first kappa shape index (κ1) is 18.4. The zero-order valence-electron chi connectivity index (χ0n) is 12.6. The lowest BCUT2D eigenvalue weighted by Crippen LogP contribution is -1.99. The molecule has 0 radical (unpaired) electrons. The summed E-state index contributed by atoms with van der Waals surface area (Å²) in [6, 6.07) is 0. The van der Waals surface area contributed by atoms with Gasteiger partial charge in [0.2, 0.25) is 0 Å². The SMILES string of the molecule is CC.CC1CCCCC1.CCCCCCC.[HH].[HH]. The van der Waals surface area contributed by atoms with Crippen molar-refractivity contribution in [2.75, 3.05) is 0 Å². The van der Waals surface area contributed by atoms with Crippen molar-refractivity contribution in [1.82, 2.24) is 0 Å². The molecule has 1 aliphatic rings. The fourth-order valence-electron chi connectivity index (χ4n) is 1.98. The molecule has 0 saturated heterocycles. The second-order valence-electron chi connectivity index (χ2n) is 4.80. The molecule has 16 heavy (non-hydrogen) atoms. The van der Waals surface area contributed by atoms with Gasteiger partial charge in [-0.25, -0.2) is 0 Å². The molecule has 0 N–H and O–H groups in total. The zero-order valence-corrected chi connectivity index (χ0v) is 12.6. The van der Waals surface area contributed by atoms with E-state index in [0.29, 0.717) is 0 Å². The van der Waals surface area contributed by atoms with Crippen molar-refractivity contribution in [2.24, 2.45) is 5.92 Å². The van der Waals surface area contributed by atoms with Gasteiger partial charge >= 0.3 is 0 Å². The molecule has 0 atom stereocenters. The molecule has 0 aromatic heterocycles. The Morgan fingerprint density at radius 2 is 1.25 bits per heavy atom. The summed E-state index contributed by atoms with van der Waals surface area (Å²) in [4.78, 5) is 0. The first-order valence-electron chi connectivity index (χ1n) is 7.81. The minimum atomic E-state index is 0. The van der Waals surface area contributed by atoms with Gasteiger partial charge in [0.1, 0.15) is 0 Å². The van der Waals surface area contributed by atoms with Gasteiger partial charge in [-0.05, 0) is 5.92 Å². The van der Waals surface area contributed by atoms with Crippen molar-refractivity contribution >= 4 is 0 Å². The third kappa shape index (κ3) is 16.4. The highest BCUT2D eigenvalue weighted by Crippen LogP contribution is 2.22. The maximum atomic E-state index is 2.36. The lowest BCUT2D eigenvalue weighted by atomic mass is 9.91. The van der Waals surface area contributed by atoms with Gasteiger partial charge in [-0.1, -0.05) is 98.8 Å². The molecular weight excluding hydrogens is 192 g/mol. The quantitative estimate of drug-likeness (QED) is 0.454. The van der Waals surface area contributed by atoms with E-state index in [1.807, 2.05) is 13.8 Å². The summed E-state index contributed by atoms with van der Waals surface area (Å²) in [6.07, 6.45) is 14.4. The van der Waals surface area contributed by atoms with Gasteiger partial charge < -0.3 is 0 Å². The maximum absolute atomic E-state index is 2.36. The predicted molar refractivity (Wildman–Crippen MR) is 82.3 cm³/mol. The molecule has 0 aromatic carbocycles. The van der Waals surface area contributed by atoms with Crippen LogP contribution in [-0.2, 0) is 0 Å². The number of unbranched alkanes of at least 4 members (excludes halogenated alkanes) is 4. The highest BCUT2D eigenvalue weighted by molar-refractivity contribution is 4.59. The maximum Gasteiger partial charge on any atom is 0 e. The van der Waals surface area contributed by atoms with Crippen molar-refractivity contribution in [1.29, 1.82) is 0 Å². The molecule has 1 saturated carbocycles. The summed E-state index contributed by atoms with van der Waals surface area (Å²) in [7, 11) is 0. The topological polar surface area (TPSA) is 0 Å². The molecule has 104 valence electrons. The van der Waals surface area contributed by atoms with Gasteiger partial charge in [0, 0.05) is 2.85 Å². The van der Waals surface area contributed by atoms with Gasteiger partial charge in [-0.2, -0.15) is 0 Å². The summed E-state index contributed by atoms with van der Waals surface area (Å²) < 4.78 is 0. The van der Waals surface area contributed by atoms with E-state index in [2.05, 4.69) is 20.8 Å². The molecule has 1 aliphatic carbocycles. The summed E-state index contributed by atoms with van der Waals surface area (Å²) in [5, 5.41) is 0. The molecular formula is C16H40. The van der Waals surface area contributed by atoms with Crippen LogP contribution in [0.25, 0.3) is 0 Å². The van der Waals surface area contributed by atoms with Crippen molar-refractivity contribution in [3.8, 4) is 0 Å². The monoisotopic (exact) mass is 232 g/mol. The molecule has 0 heteroatoms. The molecule has 0 aliphatic heterocycles. The van der Waals surface area contributed by atoms with Crippen LogP contribution < -0.4 is 0 Å². The average molecular weight is 232 g/mol. The van der Waals surface area contributed by atoms with E-state index in [4.69, 9.17) is 0 Å². The molecule has 0 bridgehead atoms. The van der Waals surface area contributed by atoms with Crippen LogP contribution in [0.3, 0.4) is 0 Å². The highest BCUT2D eigenvalue weighted by Gasteiger charge is 2.05. The van der Waals surface area contributed by atoms with Crippen LogP contribution in [0.5, 0.6) is 0 Å². The number of hydrogen-bond acceptors (Lipinski definition) is 0. The second kappa shape index (κ2) is 17.4. The molecule has 1 fully saturated rings. The normalized spacial score (nSPS) is 15.6. The smallest absolute Gasteiger partial charge is 0 e. The summed E-state index contributed by atoms with van der Waals surface area (Å²) in [5.74, 6) is 1.04. The lowest BCUT2D eigenvalue weighted by molar-refractivity contribution is 0.385. The van der Waals surface area contributed by atoms with Crippen molar-refractivity contribution in [3.05, 3.63) is 0 Å². The molecule has 1 rings (SSSR count). The second-order valence-corrected chi connectivity index (χ2v) is 4.80. The van der Waals surface area contributed by atoms with E-state index < -0.39 is 0 Å². The van der Waals surface area contributed by atoms with E-state index in [0.717, 1.165) is 5.92 Å². The Morgan fingerprint density at radius 1 is 0.812 bits per heavy atom. The molecule has 0 aromatic rings. The van der Waals surface area contributed by atoms with Crippen LogP contribution in [0.15, 0.2) is 0 Å². The highest BCUT2D eigenvalue weighted by atomic mass is 14.1. The third-order valence-corrected chi connectivity index (χ3v) is 3.10. The van der Waals surface area contributed by atoms with E-state index in [1.54, 1.807) is 0 Å². The van der Waals surface area contributed by atoms with Crippen LogP contribution in [0.1, 0.15) is 102 Å². The Morgan fingerprint density at radius 3 is 1.50 bits per heavy atom. The van der Waals surface area contributed by atoms with Gasteiger partial charge in [0.15, 0.2) is 0 Å². The standard InChI is InChI=1S/C7H14.C7H16.C2H6.2H2/c1-7-5-3-2-4-6-7;1-3-5-7-6-4-2;1-2;;/h7H,2-6H2,1H3;3-7H2,1-2H3;1-2H3;2*1H. The summed E-state index contributed by atoms with van der Waals surface area (Å²) >= 11 is 0. The Bertz CT molecular complexity index is 95.3. The fraction of sp³-hybridized carbons (Fsp3) is 1.00. The van der Waals surface area contributed by atoms with Gasteiger partial charge in [0.25, 0.3) is 0 Å². The Labute approximate surface area is 108 Å². The van der Waals surface area contributed by atoms with E-state index >= 15 is 0 Å². The average Bonchev–Trinajstić information content (AvgIpc) is 2.34. The van der Waals surface area contributed by atoms with Crippen LogP contribution in [0, 0.1) is 5.92 Å². The third-order valence-electron chi connectivity index (χ3n) is 3.10. The molecule has 0 unspecified atom stereocenters. The zero-order chi connectivity index (χ0) is 12.6. The lowest BCUT2D eigenvalue weighted by Gasteiger charge is -2.15. The van der Waals surface area contributed by atoms with E-state index in [-0.39, 0.29) is 2.85 Å². The van der Waals surface area contributed by atoms with Crippen LogP contribution in [-0.4, -0.2) is 0 Å². The first-order chi connectivity index (χ1) is 7.81. The fourth-order valence-corrected chi connectivity index (χ4v) is 1.98. The van der Waals surface area contributed by atoms with Gasteiger partial charge in [-0.3, -0.25) is 0 Å². The molecule has 0 spiro atoms. The van der Waals surface area contributed by atoms with Crippen molar-refractivity contribution < 1.29 is 2.85 Å². The van der Waals surface area contributed by atoms with E-state index in [9.17, 15) is 0 Å². The minimum absolute atomic E-state index is 0. The van der Waals surface area contributed by atoms with E-state index in [1.165, 1.54) is 64.2 Å². The summed E-state index contributed by atoms with van der Waals surface area (Å²) in [6.45, 7) is 10.9. The van der Waals surface area contributed by atoms with Gasteiger partial charge in [0.05, 0.1) is 0 Å². The largest absolute Gasteiger partial charge is 0.0683 e. The van der Waals surface area contributed by atoms with Crippen molar-refractivity contribution in [2.45, 2.75) is 98.8 Å². The van der Waals surface area contributed by atoms with Gasteiger partial charge in [-0.15, -0.1) is 0 Å². The Hall–Kier alpha value is 0. The predicted octanol–water partition coefficient (Wildman–Crippen LogP) is 7.08. The van der Waals surface area contributed by atoms with Crippen LogP contribution >= 0.6 is 0 Å². The molecule has 0 nitrogen and oxygen atoms in total. The van der Waals surface area contributed by atoms with Crippen LogP contribution in [0.4, 0.5) is 0 Å². The number of hydrogen-bond donors (Lipinski definition) is 0. The molecule has 0 heterocycles. The minimum Gasteiger partial charge on any atom is -0.0683 e. The molecule has 0 amide bonds. The Kier molecular flexibility index (Phi) is 20.0. The van der Waals surface area contributed by atoms with Crippen LogP contribution in [0.2, 0.25) is 0 Å². The number of rotatable bonds is 4. The Balaban J connectivity index is -0.0000000871. The summed E-state index contributed by atoms with van der Waals surface area (Å²) in [5.41, 5.74) is 0. The first-order valence-corrected chi connectivity index (χ1v) is 7.81. The van der Waals surface area contributed by atoms with Crippen molar-refractivity contribution in [3.63, 3.8) is 0 Å².